The number of aromatic nitrogens is 2. The molecule has 0 unspecified atom stereocenters. The van der Waals surface area contributed by atoms with Crippen LogP contribution in [-0.2, 0) is 16.4 Å². The van der Waals surface area contributed by atoms with Crippen molar-refractivity contribution in [3.8, 4) is 0 Å². The van der Waals surface area contributed by atoms with Gasteiger partial charge in [0.25, 0.3) is 0 Å². The maximum absolute atomic E-state index is 13.8. The Morgan fingerprint density at radius 2 is 2.14 bits per heavy atom. The Labute approximate surface area is 129 Å². The van der Waals surface area contributed by atoms with E-state index in [-0.39, 0.29) is 10.8 Å². The Morgan fingerprint density at radius 1 is 1.32 bits per heavy atom. The quantitative estimate of drug-likeness (QED) is 0.938. The van der Waals surface area contributed by atoms with Gasteiger partial charge in [-0.05, 0) is 43.4 Å². The van der Waals surface area contributed by atoms with E-state index in [1.165, 1.54) is 22.5 Å². The van der Waals surface area contributed by atoms with E-state index in [0.717, 1.165) is 25.0 Å². The first-order chi connectivity index (χ1) is 10.6. The van der Waals surface area contributed by atoms with Gasteiger partial charge < -0.3 is 0 Å². The molecule has 0 saturated carbocycles. The van der Waals surface area contributed by atoms with Crippen LogP contribution in [-0.4, -0.2) is 36.0 Å². The molecule has 0 aliphatic carbocycles. The van der Waals surface area contributed by atoms with Gasteiger partial charge in [-0.25, -0.2) is 12.8 Å². The lowest BCUT2D eigenvalue weighted by Gasteiger charge is -2.31. The lowest BCUT2D eigenvalue weighted by Crippen LogP contribution is -2.40. The van der Waals surface area contributed by atoms with Gasteiger partial charge in [-0.2, -0.15) is 9.40 Å². The van der Waals surface area contributed by atoms with Gasteiger partial charge in [0.05, 0.1) is 0 Å². The van der Waals surface area contributed by atoms with Gasteiger partial charge in [-0.1, -0.05) is 12.1 Å². The summed E-state index contributed by atoms with van der Waals surface area (Å²) in [7, 11) is -3.77. The molecule has 118 valence electrons. The average molecular weight is 323 g/mol. The van der Waals surface area contributed by atoms with Gasteiger partial charge in [0, 0.05) is 25.0 Å². The van der Waals surface area contributed by atoms with Crippen molar-refractivity contribution in [1.29, 1.82) is 0 Å². The number of benzene rings is 1. The second kappa shape index (κ2) is 6.18. The van der Waals surface area contributed by atoms with Crippen LogP contribution in [0.15, 0.2) is 41.4 Å². The van der Waals surface area contributed by atoms with Crippen LogP contribution in [0.4, 0.5) is 4.39 Å². The number of H-pyrrole nitrogens is 1. The average Bonchev–Trinajstić information content (AvgIpc) is 3.01. The molecule has 1 aliphatic heterocycles. The van der Waals surface area contributed by atoms with Crippen LogP contribution in [0.5, 0.6) is 0 Å². The summed E-state index contributed by atoms with van der Waals surface area (Å²) >= 11 is 0. The molecule has 0 amide bonds. The summed E-state index contributed by atoms with van der Waals surface area (Å²) in [4.78, 5) is -0.239. The SMILES string of the molecule is O=S(=O)(c1ccccc1F)N1CCC[C@H](Cc2ccn[nH]2)C1. The molecule has 1 saturated heterocycles. The highest BCUT2D eigenvalue weighted by atomic mass is 32.2. The first-order valence-corrected chi connectivity index (χ1v) is 8.74. The molecule has 1 aromatic heterocycles. The summed E-state index contributed by atoms with van der Waals surface area (Å²) in [6, 6.07) is 7.43. The van der Waals surface area contributed by atoms with Crippen molar-refractivity contribution in [2.45, 2.75) is 24.2 Å². The monoisotopic (exact) mass is 323 g/mol. The molecule has 0 radical (unpaired) electrons. The second-order valence-electron chi connectivity index (χ2n) is 5.59. The van der Waals surface area contributed by atoms with E-state index in [1.807, 2.05) is 6.07 Å². The molecule has 1 aromatic carbocycles. The molecule has 2 aromatic rings. The number of sulfonamides is 1. The van der Waals surface area contributed by atoms with E-state index < -0.39 is 15.8 Å². The number of hydrogen-bond donors (Lipinski definition) is 1. The summed E-state index contributed by atoms with van der Waals surface area (Å²) in [5, 5.41) is 6.81. The zero-order valence-corrected chi connectivity index (χ0v) is 12.9. The van der Waals surface area contributed by atoms with Gasteiger partial charge >= 0.3 is 0 Å². The zero-order valence-electron chi connectivity index (χ0n) is 12.1. The molecule has 0 spiro atoms. The number of hydrogen-bond acceptors (Lipinski definition) is 3. The maximum atomic E-state index is 13.8. The predicted molar refractivity (Wildman–Crippen MR) is 80.2 cm³/mol. The van der Waals surface area contributed by atoms with Crippen LogP contribution >= 0.6 is 0 Å². The minimum atomic E-state index is -3.77. The highest BCUT2D eigenvalue weighted by molar-refractivity contribution is 7.89. The fourth-order valence-electron chi connectivity index (χ4n) is 2.91. The molecule has 22 heavy (non-hydrogen) atoms. The largest absolute Gasteiger partial charge is 0.283 e. The van der Waals surface area contributed by atoms with Crippen molar-refractivity contribution in [1.82, 2.24) is 14.5 Å². The number of nitrogens with one attached hydrogen (secondary N) is 1. The van der Waals surface area contributed by atoms with E-state index in [4.69, 9.17) is 0 Å². The van der Waals surface area contributed by atoms with Crippen molar-refractivity contribution >= 4 is 10.0 Å². The van der Waals surface area contributed by atoms with E-state index >= 15 is 0 Å². The first-order valence-electron chi connectivity index (χ1n) is 7.30. The van der Waals surface area contributed by atoms with Gasteiger partial charge in [0.1, 0.15) is 10.7 Å². The third-order valence-electron chi connectivity index (χ3n) is 4.00. The zero-order chi connectivity index (χ0) is 15.6. The van der Waals surface area contributed by atoms with Gasteiger partial charge in [0.2, 0.25) is 10.0 Å². The Kier molecular flexibility index (Phi) is 4.26. The Morgan fingerprint density at radius 3 is 2.86 bits per heavy atom. The van der Waals surface area contributed by atoms with Crippen molar-refractivity contribution in [2.24, 2.45) is 5.92 Å². The summed E-state index contributed by atoms with van der Waals surface area (Å²) in [5.74, 6) is -0.478. The van der Waals surface area contributed by atoms with Crippen molar-refractivity contribution in [2.75, 3.05) is 13.1 Å². The number of rotatable bonds is 4. The number of piperidine rings is 1. The maximum Gasteiger partial charge on any atom is 0.245 e. The summed E-state index contributed by atoms with van der Waals surface area (Å²) in [6.45, 7) is 0.853. The van der Waals surface area contributed by atoms with Crippen molar-refractivity contribution < 1.29 is 12.8 Å². The van der Waals surface area contributed by atoms with Crippen LogP contribution in [0.3, 0.4) is 0 Å². The smallest absolute Gasteiger partial charge is 0.245 e. The minimum Gasteiger partial charge on any atom is -0.283 e. The Bertz CT molecular complexity index is 731. The van der Waals surface area contributed by atoms with Crippen LogP contribution in [0.1, 0.15) is 18.5 Å². The lowest BCUT2D eigenvalue weighted by molar-refractivity contribution is 0.263. The van der Waals surface area contributed by atoms with Crippen LogP contribution in [0, 0.1) is 11.7 Å². The third kappa shape index (κ3) is 3.05. The number of aromatic amines is 1. The lowest BCUT2D eigenvalue weighted by atomic mass is 9.95. The van der Waals surface area contributed by atoms with Crippen molar-refractivity contribution in [3.63, 3.8) is 0 Å². The van der Waals surface area contributed by atoms with Crippen LogP contribution in [0.2, 0.25) is 0 Å². The molecule has 0 bridgehead atoms. The second-order valence-corrected chi connectivity index (χ2v) is 7.49. The molecule has 5 nitrogen and oxygen atoms in total. The van der Waals surface area contributed by atoms with E-state index in [0.29, 0.717) is 13.1 Å². The van der Waals surface area contributed by atoms with Gasteiger partial charge in [-0.3, -0.25) is 5.10 Å². The molecular formula is C15H18FN3O2S. The molecule has 2 heterocycles. The Hall–Kier alpha value is -1.73. The highest BCUT2D eigenvalue weighted by Crippen LogP contribution is 2.26. The van der Waals surface area contributed by atoms with E-state index in [9.17, 15) is 12.8 Å². The summed E-state index contributed by atoms with van der Waals surface area (Å²) < 4.78 is 40.5. The van der Waals surface area contributed by atoms with Gasteiger partial charge in [-0.15, -0.1) is 0 Å². The van der Waals surface area contributed by atoms with Crippen molar-refractivity contribution in [3.05, 3.63) is 48.0 Å². The predicted octanol–water partition coefficient (Wildman–Crippen LogP) is 2.19. The molecule has 3 rings (SSSR count). The van der Waals surface area contributed by atoms with E-state index in [1.54, 1.807) is 12.3 Å². The molecule has 1 aliphatic rings. The molecular weight excluding hydrogens is 305 g/mol. The molecule has 7 heteroatoms. The van der Waals surface area contributed by atoms with E-state index in [2.05, 4.69) is 10.2 Å². The normalized spacial score (nSPS) is 20.1. The fraction of sp³-hybridized carbons (Fsp3) is 0.400. The fourth-order valence-corrected chi connectivity index (χ4v) is 4.53. The molecule has 1 atom stereocenters. The standard InChI is InChI=1S/C15H18FN3O2S/c16-14-5-1-2-6-15(14)22(20,21)19-9-3-4-12(11-19)10-13-7-8-17-18-13/h1-2,5-8,12H,3-4,9-11H2,(H,17,18)/t12-/m1/s1. The molecule has 1 N–H and O–H groups in total. The minimum absolute atomic E-state index is 0.218. The number of halogens is 1. The topological polar surface area (TPSA) is 66.1 Å². The third-order valence-corrected chi connectivity index (χ3v) is 5.90. The van der Waals surface area contributed by atoms with Crippen LogP contribution < -0.4 is 0 Å². The van der Waals surface area contributed by atoms with Gasteiger partial charge in [0.15, 0.2) is 0 Å². The first kappa shape index (κ1) is 15.2. The van der Waals surface area contributed by atoms with Crippen LogP contribution in [0.25, 0.3) is 0 Å². The Balaban J connectivity index is 1.78. The highest BCUT2D eigenvalue weighted by Gasteiger charge is 2.32. The summed E-state index contributed by atoms with van der Waals surface area (Å²) in [5.41, 5.74) is 0.995. The summed E-state index contributed by atoms with van der Waals surface area (Å²) in [6.07, 6.45) is 4.18. The number of nitrogens with zero attached hydrogens (tertiary/aromatic N) is 2. The molecule has 1 fully saturated rings.